The zero-order chi connectivity index (χ0) is 24.3. The standard InChI is InChI=1S/C31H36ClNO2/c1-3-4-5-8-22(2)23-11-14-29(32)24(19-23)21-34-31(16-17-31)28-20-33-18-15-26(28)27-9-6-7-10-30(27)35-25-12-13-25/h6-7,9-11,14-15,18-20,22,25H,3-5,8,12-13,16-17,21H2,1-2H3/t22-/m1/s1. The van der Waals surface area contributed by atoms with E-state index in [-0.39, 0.29) is 5.60 Å². The molecular formula is C31H36ClNO2. The number of aromatic nitrogens is 1. The lowest BCUT2D eigenvalue weighted by Gasteiger charge is -2.22. The van der Waals surface area contributed by atoms with Gasteiger partial charge < -0.3 is 9.47 Å². The van der Waals surface area contributed by atoms with E-state index in [1.165, 1.54) is 31.2 Å². The van der Waals surface area contributed by atoms with Crippen LogP contribution in [0.1, 0.15) is 87.8 Å². The van der Waals surface area contributed by atoms with E-state index in [0.29, 0.717) is 18.6 Å². The van der Waals surface area contributed by atoms with Gasteiger partial charge in [0.2, 0.25) is 0 Å². The lowest BCUT2D eigenvalue weighted by atomic mass is 9.94. The van der Waals surface area contributed by atoms with Crippen molar-refractivity contribution in [2.75, 3.05) is 0 Å². The Bertz CT molecular complexity index is 1150. The minimum Gasteiger partial charge on any atom is -0.490 e. The van der Waals surface area contributed by atoms with Gasteiger partial charge in [-0.1, -0.05) is 75.0 Å². The van der Waals surface area contributed by atoms with Gasteiger partial charge in [-0.3, -0.25) is 4.98 Å². The van der Waals surface area contributed by atoms with Gasteiger partial charge in [-0.05, 0) is 72.9 Å². The van der Waals surface area contributed by atoms with Crippen molar-refractivity contribution >= 4 is 11.6 Å². The molecule has 2 aromatic carbocycles. The zero-order valence-electron chi connectivity index (χ0n) is 20.9. The minimum atomic E-state index is -0.317. The number of halogens is 1. The molecule has 0 saturated heterocycles. The third-order valence-corrected chi connectivity index (χ3v) is 7.76. The van der Waals surface area contributed by atoms with Gasteiger partial charge in [-0.2, -0.15) is 0 Å². The van der Waals surface area contributed by atoms with Gasteiger partial charge in [0.15, 0.2) is 0 Å². The Balaban J connectivity index is 1.35. The molecule has 184 valence electrons. The summed E-state index contributed by atoms with van der Waals surface area (Å²) >= 11 is 6.62. The van der Waals surface area contributed by atoms with E-state index < -0.39 is 0 Å². The van der Waals surface area contributed by atoms with Crippen LogP contribution in [0.5, 0.6) is 5.75 Å². The Morgan fingerprint density at radius 3 is 2.66 bits per heavy atom. The number of para-hydroxylation sites is 1. The van der Waals surface area contributed by atoms with Crippen LogP contribution in [0.15, 0.2) is 60.9 Å². The van der Waals surface area contributed by atoms with E-state index in [1.807, 2.05) is 24.5 Å². The van der Waals surface area contributed by atoms with Crippen LogP contribution in [0.3, 0.4) is 0 Å². The Hall–Kier alpha value is -2.36. The van der Waals surface area contributed by atoms with Crippen LogP contribution in [0.4, 0.5) is 0 Å². The SMILES string of the molecule is CCCCC[C@@H](C)c1ccc(Cl)c(COC2(c3cnccc3-c3ccccc3OC3CC3)CC2)c1. The largest absolute Gasteiger partial charge is 0.490 e. The number of benzene rings is 2. The van der Waals surface area contributed by atoms with Crippen LogP contribution in [-0.4, -0.2) is 11.1 Å². The van der Waals surface area contributed by atoms with Crippen molar-refractivity contribution in [1.82, 2.24) is 4.98 Å². The van der Waals surface area contributed by atoms with Gasteiger partial charge >= 0.3 is 0 Å². The summed E-state index contributed by atoms with van der Waals surface area (Å²) in [6.07, 6.45) is 13.5. The Morgan fingerprint density at radius 1 is 1.06 bits per heavy atom. The molecule has 0 aliphatic heterocycles. The fraction of sp³-hybridized carbons (Fsp3) is 0.452. The van der Waals surface area contributed by atoms with Crippen molar-refractivity contribution in [3.05, 3.63) is 82.6 Å². The van der Waals surface area contributed by atoms with Crippen LogP contribution >= 0.6 is 11.6 Å². The first-order chi connectivity index (χ1) is 17.1. The number of hydrogen-bond donors (Lipinski definition) is 0. The van der Waals surface area contributed by atoms with Crippen molar-refractivity contribution in [2.45, 2.75) is 89.4 Å². The summed E-state index contributed by atoms with van der Waals surface area (Å²) in [7, 11) is 0. The molecule has 0 radical (unpaired) electrons. The highest BCUT2D eigenvalue weighted by Crippen LogP contribution is 2.53. The molecule has 3 aromatic rings. The lowest BCUT2D eigenvalue weighted by molar-refractivity contribution is 0.0173. The topological polar surface area (TPSA) is 31.4 Å². The van der Waals surface area contributed by atoms with Crippen LogP contribution in [0, 0.1) is 0 Å². The average molecular weight is 490 g/mol. The predicted octanol–water partition coefficient (Wildman–Crippen LogP) is 8.83. The van der Waals surface area contributed by atoms with Crippen LogP contribution < -0.4 is 4.74 Å². The summed E-state index contributed by atoms with van der Waals surface area (Å²) < 4.78 is 12.9. The number of ether oxygens (including phenoxy) is 2. The highest BCUT2D eigenvalue weighted by atomic mass is 35.5. The van der Waals surface area contributed by atoms with Crippen LogP contribution in [0.25, 0.3) is 11.1 Å². The van der Waals surface area contributed by atoms with Gasteiger partial charge in [0.1, 0.15) is 5.75 Å². The highest BCUT2D eigenvalue weighted by molar-refractivity contribution is 6.31. The van der Waals surface area contributed by atoms with E-state index in [1.54, 1.807) is 0 Å². The summed E-state index contributed by atoms with van der Waals surface area (Å²) in [6.45, 7) is 5.07. The van der Waals surface area contributed by atoms with Gasteiger partial charge in [0.05, 0.1) is 18.3 Å². The smallest absolute Gasteiger partial charge is 0.127 e. The average Bonchev–Trinajstić information content (AvgIpc) is 3.81. The lowest BCUT2D eigenvalue weighted by Crippen LogP contribution is -2.14. The first kappa shape index (κ1) is 24.3. The third-order valence-electron chi connectivity index (χ3n) is 7.39. The molecule has 2 aliphatic rings. The van der Waals surface area contributed by atoms with Crippen molar-refractivity contribution in [1.29, 1.82) is 0 Å². The van der Waals surface area contributed by atoms with Crippen molar-refractivity contribution in [3.63, 3.8) is 0 Å². The molecule has 1 heterocycles. The molecule has 2 aliphatic carbocycles. The quantitative estimate of drug-likeness (QED) is 0.238. The molecule has 3 nitrogen and oxygen atoms in total. The monoisotopic (exact) mass is 489 g/mol. The van der Waals surface area contributed by atoms with Gasteiger partial charge in [0.25, 0.3) is 0 Å². The molecular weight excluding hydrogens is 454 g/mol. The van der Waals surface area contributed by atoms with Gasteiger partial charge in [0, 0.05) is 28.5 Å². The maximum absolute atomic E-state index is 6.66. The van der Waals surface area contributed by atoms with Gasteiger partial charge in [-0.15, -0.1) is 0 Å². The van der Waals surface area contributed by atoms with Crippen molar-refractivity contribution < 1.29 is 9.47 Å². The number of rotatable bonds is 12. The minimum absolute atomic E-state index is 0.317. The molecule has 35 heavy (non-hydrogen) atoms. The summed E-state index contributed by atoms with van der Waals surface area (Å²) in [5, 5.41) is 0.778. The normalized spacial score (nSPS) is 17.2. The summed E-state index contributed by atoms with van der Waals surface area (Å²) in [5.41, 5.74) is 5.52. The van der Waals surface area contributed by atoms with Crippen LogP contribution in [0.2, 0.25) is 5.02 Å². The predicted molar refractivity (Wildman–Crippen MR) is 143 cm³/mol. The molecule has 0 amide bonds. The molecule has 1 atom stereocenters. The fourth-order valence-electron chi connectivity index (χ4n) is 4.85. The molecule has 4 heteroatoms. The molecule has 0 bridgehead atoms. The third kappa shape index (κ3) is 5.73. The maximum atomic E-state index is 6.66. The van der Waals surface area contributed by atoms with Crippen molar-refractivity contribution in [2.24, 2.45) is 0 Å². The number of nitrogens with zero attached hydrogens (tertiary/aromatic N) is 1. The molecule has 0 spiro atoms. The van der Waals surface area contributed by atoms with E-state index in [2.05, 4.69) is 55.2 Å². The van der Waals surface area contributed by atoms with Crippen molar-refractivity contribution in [3.8, 4) is 16.9 Å². The second-order valence-electron chi connectivity index (χ2n) is 10.3. The molecule has 0 N–H and O–H groups in total. The first-order valence-corrected chi connectivity index (χ1v) is 13.6. The molecule has 2 fully saturated rings. The van der Waals surface area contributed by atoms with E-state index >= 15 is 0 Å². The zero-order valence-corrected chi connectivity index (χ0v) is 21.7. The first-order valence-electron chi connectivity index (χ1n) is 13.2. The maximum Gasteiger partial charge on any atom is 0.127 e. The fourth-order valence-corrected chi connectivity index (χ4v) is 5.02. The number of pyridine rings is 1. The second kappa shape index (κ2) is 10.7. The molecule has 5 rings (SSSR count). The summed E-state index contributed by atoms with van der Waals surface area (Å²) in [6, 6.07) is 16.9. The summed E-state index contributed by atoms with van der Waals surface area (Å²) in [5.74, 6) is 1.48. The Labute approximate surface area is 214 Å². The van der Waals surface area contributed by atoms with Crippen LogP contribution in [-0.2, 0) is 16.9 Å². The summed E-state index contributed by atoms with van der Waals surface area (Å²) in [4.78, 5) is 4.48. The second-order valence-corrected chi connectivity index (χ2v) is 10.7. The van der Waals surface area contributed by atoms with E-state index in [4.69, 9.17) is 21.1 Å². The molecule has 1 aromatic heterocycles. The Kier molecular flexibility index (Phi) is 7.45. The Morgan fingerprint density at radius 2 is 1.89 bits per heavy atom. The number of hydrogen-bond acceptors (Lipinski definition) is 3. The van der Waals surface area contributed by atoms with E-state index in [9.17, 15) is 0 Å². The number of unbranched alkanes of at least 4 members (excludes halogenated alkanes) is 2. The highest BCUT2D eigenvalue weighted by Gasteiger charge is 2.47. The molecule has 2 saturated carbocycles. The molecule has 0 unspecified atom stereocenters. The van der Waals surface area contributed by atoms with E-state index in [0.717, 1.165) is 58.7 Å². The van der Waals surface area contributed by atoms with Gasteiger partial charge in [-0.25, -0.2) is 0 Å².